The second kappa shape index (κ2) is 7.30. The van der Waals surface area contributed by atoms with Crippen LogP contribution < -0.4 is 10.6 Å². The Morgan fingerprint density at radius 3 is 2.65 bits per heavy atom. The number of carbonyl (C=O) groups excluding carboxylic acids is 2. The second-order valence-electron chi connectivity index (χ2n) is 7.02. The Balaban J connectivity index is 1.38. The summed E-state index contributed by atoms with van der Waals surface area (Å²) in [7, 11) is 0. The molecule has 2 aliphatic rings. The van der Waals surface area contributed by atoms with E-state index in [0.717, 1.165) is 31.5 Å². The minimum Gasteiger partial charge on any atom is -0.348 e. The van der Waals surface area contributed by atoms with Gasteiger partial charge in [0.05, 0.1) is 6.04 Å². The minimum atomic E-state index is -0.138. The molecule has 134 valence electrons. The Labute approximate surface area is 153 Å². The smallest absolute Gasteiger partial charge is 0.251 e. The third-order valence-corrected chi connectivity index (χ3v) is 5.30. The van der Waals surface area contributed by atoms with E-state index in [9.17, 15) is 9.59 Å². The summed E-state index contributed by atoms with van der Waals surface area (Å²) in [5.41, 5.74) is 2.79. The standard InChI is InChI=1S/C21H23N3O2/c25-20(16-7-2-1-3-8-16)22-17-12-13-24(14-17)19-11-10-15-6-4-5-9-18(15)23-21(19)26/h1-9,17,19H,10-14H2,(H,22,25)(H,23,26)/t17-,19-/m0/s1. The highest BCUT2D eigenvalue weighted by molar-refractivity contribution is 5.96. The summed E-state index contributed by atoms with van der Waals surface area (Å²) in [6.45, 7) is 1.54. The molecule has 2 amide bonds. The summed E-state index contributed by atoms with van der Waals surface area (Å²) in [5, 5.41) is 6.16. The molecule has 1 saturated heterocycles. The molecule has 0 unspecified atom stereocenters. The first-order valence-corrected chi connectivity index (χ1v) is 9.19. The number of likely N-dealkylation sites (tertiary alicyclic amines) is 1. The van der Waals surface area contributed by atoms with E-state index >= 15 is 0 Å². The molecule has 2 N–H and O–H groups in total. The van der Waals surface area contributed by atoms with Crippen molar-refractivity contribution in [1.29, 1.82) is 0 Å². The zero-order valence-electron chi connectivity index (χ0n) is 14.7. The molecular formula is C21H23N3O2. The summed E-state index contributed by atoms with van der Waals surface area (Å²) >= 11 is 0. The topological polar surface area (TPSA) is 61.4 Å². The number of hydrogen-bond donors (Lipinski definition) is 2. The minimum absolute atomic E-state index is 0.0461. The molecule has 2 aromatic carbocycles. The Hall–Kier alpha value is -2.66. The molecule has 0 spiro atoms. The molecule has 0 radical (unpaired) electrons. The van der Waals surface area contributed by atoms with Crippen molar-refractivity contribution < 1.29 is 9.59 Å². The molecule has 2 aliphatic heterocycles. The van der Waals surface area contributed by atoms with Crippen LogP contribution in [-0.4, -0.2) is 41.9 Å². The van der Waals surface area contributed by atoms with Crippen LogP contribution in [0.1, 0.15) is 28.8 Å². The van der Waals surface area contributed by atoms with Gasteiger partial charge in [-0.15, -0.1) is 0 Å². The Bertz CT molecular complexity index is 806. The fraction of sp³-hybridized carbons (Fsp3) is 0.333. The van der Waals surface area contributed by atoms with Gasteiger partial charge in [0.1, 0.15) is 0 Å². The Morgan fingerprint density at radius 2 is 1.81 bits per heavy atom. The molecule has 26 heavy (non-hydrogen) atoms. The third-order valence-electron chi connectivity index (χ3n) is 5.30. The van der Waals surface area contributed by atoms with Gasteiger partial charge in [-0.1, -0.05) is 36.4 Å². The van der Waals surface area contributed by atoms with Crippen LogP contribution in [0.5, 0.6) is 0 Å². The number of para-hydroxylation sites is 1. The van der Waals surface area contributed by atoms with Gasteiger partial charge in [0, 0.05) is 30.4 Å². The van der Waals surface area contributed by atoms with Gasteiger partial charge < -0.3 is 10.6 Å². The Kier molecular flexibility index (Phi) is 4.71. The van der Waals surface area contributed by atoms with Crippen LogP contribution in [-0.2, 0) is 11.2 Å². The van der Waals surface area contributed by atoms with Gasteiger partial charge in [0.25, 0.3) is 5.91 Å². The highest BCUT2D eigenvalue weighted by Gasteiger charge is 2.34. The highest BCUT2D eigenvalue weighted by atomic mass is 16.2. The van der Waals surface area contributed by atoms with Crippen LogP contribution in [0.2, 0.25) is 0 Å². The van der Waals surface area contributed by atoms with Gasteiger partial charge in [0.2, 0.25) is 5.91 Å². The van der Waals surface area contributed by atoms with Gasteiger partial charge >= 0.3 is 0 Å². The van der Waals surface area contributed by atoms with Gasteiger partial charge in [0.15, 0.2) is 0 Å². The van der Waals surface area contributed by atoms with Crippen LogP contribution in [0.3, 0.4) is 0 Å². The van der Waals surface area contributed by atoms with Gasteiger partial charge in [-0.3, -0.25) is 14.5 Å². The first-order chi connectivity index (χ1) is 12.7. The molecule has 5 nitrogen and oxygen atoms in total. The molecular weight excluding hydrogens is 326 g/mol. The van der Waals surface area contributed by atoms with Crippen molar-refractivity contribution in [2.45, 2.75) is 31.3 Å². The zero-order chi connectivity index (χ0) is 17.9. The number of aryl methyl sites for hydroxylation is 1. The summed E-state index contributed by atoms with van der Waals surface area (Å²) in [6.07, 6.45) is 2.56. The van der Waals surface area contributed by atoms with Gasteiger partial charge in [-0.2, -0.15) is 0 Å². The lowest BCUT2D eigenvalue weighted by Gasteiger charge is -2.25. The summed E-state index contributed by atoms with van der Waals surface area (Å²) in [4.78, 5) is 27.2. The van der Waals surface area contributed by atoms with E-state index in [2.05, 4.69) is 21.6 Å². The summed E-state index contributed by atoms with van der Waals surface area (Å²) < 4.78 is 0. The Morgan fingerprint density at radius 1 is 1.04 bits per heavy atom. The van der Waals surface area contributed by atoms with Crippen LogP contribution in [0.15, 0.2) is 54.6 Å². The van der Waals surface area contributed by atoms with Crippen LogP contribution in [0, 0.1) is 0 Å². The van der Waals surface area contributed by atoms with E-state index in [-0.39, 0.29) is 23.9 Å². The number of nitrogens with one attached hydrogen (secondary N) is 2. The number of hydrogen-bond acceptors (Lipinski definition) is 3. The number of anilines is 1. The van der Waals surface area contributed by atoms with E-state index in [1.165, 1.54) is 5.56 Å². The van der Waals surface area contributed by atoms with E-state index in [0.29, 0.717) is 12.1 Å². The fourth-order valence-electron chi connectivity index (χ4n) is 3.89. The molecule has 2 atom stereocenters. The normalized spacial score (nSPS) is 23.0. The van der Waals surface area contributed by atoms with E-state index in [4.69, 9.17) is 0 Å². The lowest BCUT2D eigenvalue weighted by molar-refractivity contribution is -0.121. The molecule has 0 aromatic heterocycles. The predicted molar refractivity (Wildman–Crippen MR) is 101 cm³/mol. The predicted octanol–water partition coefficient (Wildman–Crippen LogP) is 2.44. The lowest BCUT2D eigenvalue weighted by atomic mass is 10.1. The maximum Gasteiger partial charge on any atom is 0.251 e. The summed E-state index contributed by atoms with van der Waals surface area (Å²) in [6, 6.07) is 17.2. The van der Waals surface area contributed by atoms with Gasteiger partial charge in [-0.25, -0.2) is 0 Å². The zero-order valence-corrected chi connectivity index (χ0v) is 14.7. The number of amides is 2. The number of fused-ring (bicyclic) bond motifs is 1. The van der Waals surface area contributed by atoms with Crippen LogP contribution in [0.25, 0.3) is 0 Å². The lowest BCUT2D eigenvalue weighted by Crippen LogP contribution is -2.44. The monoisotopic (exact) mass is 349 g/mol. The highest BCUT2D eigenvalue weighted by Crippen LogP contribution is 2.25. The van der Waals surface area contributed by atoms with E-state index in [1.807, 2.05) is 48.5 Å². The summed E-state index contributed by atoms with van der Waals surface area (Å²) in [5.74, 6) is 0.0140. The molecule has 5 heteroatoms. The van der Waals surface area contributed by atoms with Crippen LogP contribution >= 0.6 is 0 Å². The molecule has 0 aliphatic carbocycles. The average Bonchev–Trinajstić information content (AvgIpc) is 3.04. The number of rotatable bonds is 3. The van der Waals surface area contributed by atoms with Gasteiger partial charge in [-0.05, 0) is 43.0 Å². The molecule has 0 bridgehead atoms. The maximum absolute atomic E-state index is 12.7. The number of benzene rings is 2. The fourth-order valence-corrected chi connectivity index (χ4v) is 3.89. The van der Waals surface area contributed by atoms with Crippen molar-refractivity contribution in [1.82, 2.24) is 10.2 Å². The van der Waals surface area contributed by atoms with E-state index in [1.54, 1.807) is 0 Å². The molecule has 4 rings (SSSR count). The largest absolute Gasteiger partial charge is 0.348 e. The quantitative estimate of drug-likeness (QED) is 0.895. The van der Waals surface area contributed by atoms with Crippen molar-refractivity contribution in [3.8, 4) is 0 Å². The SMILES string of the molecule is O=C(N[C@H]1CCN([C@H]2CCc3ccccc3NC2=O)C1)c1ccccc1. The van der Waals surface area contributed by atoms with Crippen molar-refractivity contribution in [3.63, 3.8) is 0 Å². The molecule has 2 heterocycles. The van der Waals surface area contributed by atoms with Crippen molar-refractivity contribution in [3.05, 3.63) is 65.7 Å². The van der Waals surface area contributed by atoms with E-state index < -0.39 is 0 Å². The number of nitrogens with zero attached hydrogens (tertiary/aromatic N) is 1. The van der Waals surface area contributed by atoms with Crippen molar-refractivity contribution >= 4 is 17.5 Å². The maximum atomic E-state index is 12.7. The van der Waals surface area contributed by atoms with Crippen molar-refractivity contribution in [2.75, 3.05) is 18.4 Å². The number of carbonyl (C=O) groups is 2. The molecule has 2 aromatic rings. The second-order valence-corrected chi connectivity index (χ2v) is 7.02. The third kappa shape index (κ3) is 3.48. The van der Waals surface area contributed by atoms with Crippen LogP contribution in [0.4, 0.5) is 5.69 Å². The average molecular weight is 349 g/mol. The molecule has 0 saturated carbocycles. The van der Waals surface area contributed by atoms with Crippen molar-refractivity contribution in [2.24, 2.45) is 0 Å². The molecule has 1 fully saturated rings. The first kappa shape index (κ1) is 16.8. The first-order valence-electron chi connectivity index (χ1n) is 9.19.